The minimum Gasteiger partial charge on any atom is -0.369 e. The number of piperazine rings is 1. The van der Waals surface area contributed by atoms with Crippen LogP contribution in [0.2, 0.25) is 0 Å². The zero-order chi connectivity index (χ0) is 19.5. The summed E-state index contributed by atoms with van der Waals surface area (Å²) in [5, 5.41) is 2.97. The van der Waals surface area contributed by atoms with Crippen LogP contribution in [0, 0.1) is 13.8 Å². The Morgan fingerprint density at radius 2 is 1.82 bits per heavy atom. The average molecular weight is 378 g/mol. The van der Waals surface area contributed by atoms with Gasteiger partial charge in [0.05, 0.1) is 0 Å². The Balaban J connectivity index is 1.25. The van der Waals surface area contributed by atoms with Crippen LogP contribution in [0.15, 0.2) is 36.4 Å². The first kappa shape index (κ1) is 19.0. The van der Waals surface area contributed by atoms with Crippen LogP contribution >= 0.6 is 0 Å². The van der Waals surface area contributed by atoms with Gasteiger partial charge in [-0.05, 0) is 74.0 Å². The second-order valence-electron chi connectivity index (χ2n) is 8.19. The number of fused-ring (bicyclic) bond motifs is 1. The lowest BCUT2D eigenvalue weighted by Crippen LogP contribution is -2.47. The van der Waals surface area contributed by atoms with Gasteiger partial charge < -0.3 is 10.2 Å². The molecule has 0 atom stereocenters. The van der Waals surface area contributed by atoms with E-state index in [1.807, 2.05) is 0 Å². The van der Waals surface area contributed by atoms with Gasteiger partial charge in [0.15, 0.2) is 0 Å². The molecule has 4 heteroatoms. The van der Waals surface area contributed by atoms with Crippen molar-refractivity contribution in [2.75, 3.05) is 42.9 Å². The number of amides is 1. The fourth-order valence-electron chi connectivity index (χ4n) is 4.39. The summed E-state index contributed by atoms with van der Waals surface area (Å²) >= 11 is 0. The molecule has 2 heterocycles. The van der Waals surface area contributed by atoms with Crippen LogP contribution in [0.5, 0.6) is 0 Å². The molecule has 1 N–H and O–H groups in total. The molecule has 2 aliphatic rings. The summed E-state index contributed by atoms with van der Waals surface area (Å²) in [6.45, 7) is 10.1. The molecule has 0 saturated carbocycles. The number of anilines is 2. The van der Waals surface area contributed by atoms with Crippen LogP contribution in [0.1, 0.15) is 35.1 Å². The molecule has 2 aromatic carbocycles. The average Bonchev–Trinajstić information content (AvgIpc) is 2.71. The standard InChI is InChI=1S/C24H31N3O/c1-18-5-3-7-23(19(18)2)27-15-13-26(14-16-27)12-4-6-20-8-10-22-21(17-20)9-11-24(28)25-22/h3,5,7-8,10,17H,4,6,9,11-16H2,1-2H3,(H,25,28). The van der Waals surface area contributed by atoms with Gasteiger partial charge in [-0.2, -0.15) is 0 Å². The van der Waals surface area contributed by atoms with Gasteiger partial charge in [0.2, 0.25) is 5.91 Å². The summed E-state index contributed by atoms with van der Waals surface area (Å²) in [6, 6.07) is 13.2. The highest BCUT2D eigenvalue weighted by atomic mass is 16.1. The molecule has 28 heavy (non-hydrogen) atoms. The first-order valence-electron chi connectivity index (χ1n) is 10.6. The van der Waals surface area contributed by atoms with E-state index in [4.69, 9.17) is 0 Å². The van der Waals surface area contributed by atoms with Gasteiger partial charge in [-0.1, -0.05) is 24.3 Å². The van der Waals surface area contributed by atoms with Crippen molar-refractivity contribution in [1.82, 2.24) is 4.90 Å². The third kappa shape index (κ3) is 4.22. The van der Waals surface area contributed by atoms with Gasteiger partial charge in [0.1, 0.15) is 0 Å². The van der Waals surface area contributed by atoms with E-state index in [1.54, 1.807) is 0 Å². The van der Waals surface area contributed by atoms with Crippen LogP contribution in [-0.2, 0) is 17.6 Å². The highest BCUT2D eigenvalue weighted by Gasteiger charge is 2.19. The molecule has 2 aromatic rings. The molecule has 4 rings (SSSR count). The highest BCUT2D eigenvalue weighted by molar-refractivity contribution is 5.93. The molecule has 0 radical (unpaired) electrons. The van der Waals surface area contributed by atoms with Crippen molar-refractivity contribution in [3.05, 3.63) is 58.7 Å². The summed E-state index contributed by atoms with van der Waals surface area (Å²) in [5.41, 5.74) is 7.88. The lowest BCUT2D eigenvalue weighted by molar-refractivity contribution is -0.116. The third-order valence-corrected chi connectivity index (χ3v) is 6.29. The van der Waals surface area contributed by atoms with Crippen LogP contribution in [-0.4, -0.2) is 43.5 Å². The molecule has 1 saturated heterocycles. The summed E-state index contributed by atoms with van der Waals surface area (Å²) in [6.07, 6.45) is 3.78. The molecule has 0 aromatic heterocycles. The molecule has 1 fully saturated rings. The van der Waals surface area contributed by atoms with Gasteiger partial charge in [0, 0.05) is 44.0 Å². The topological polar surface area (TPSA) is 35.6 Å². The van der Waals surface area contributed by atoms with Crippen molar-refractivity contribution in [3.8, 4) is 0 Å². The van der Waals surface area contributed by atoms with Crippen LogP contribution in [0.25, 0.3) is 0 Å². The summed E-state index contributed by atoms with van der Waals surface area (Å²) < 4.78 is 0. The minimum absolute atomic E-state index is 0.139. The Hall–Kier alpha value is -2.33. The van der Waals surface area contributed by atoms with Crippen LogP contribution in [0.3, 0.4) is 0 Å². The molecule has 0 aliphatic carbocycles. The maximum Gasteiger partial charge on any atom is 0.224 e. The fourth-order valence-corrected chi connectivity index (χ4v) is 4.39. The Labute approximate surface area is 168 Å². The van der Waals surface area contributed by atoms with E-state index in [1.165, 1.54) is 34.4 Å². The molecule has 4 nitrogen and oxygen atoms in total. The van der Waals surface area contributed by atoms with Crippen molar-refractivity contribution >= 4 is 17.3 Å². The predicted molar refractivity (Wildman–Crippen MR) is 116 cm³/mol. The first-order chi connectivity index (χ1) is 13.6. The largest absolute Gasteiger partial charge is 0.369 e. The van der Waals surface area contributed by atoms with Gasteiger partial charge in [0.25, 0.3) is 0 Å². The van der Waals surface area contributed by atoms with Gasteiger partial charge >= 0.3 is 0 Å². The number of benzene rings is 2. The fraction of sp³-hybridized carbons (Fsp3) is 0.458. The maximum atomic E-state index is 11.5. The molecular formula is C24H31N3O. The monoisotopic (exact) mass is 377 g/mol. The number of hydrogen-bond donors (Lipinski definition) is 1. The van der Waals surface area contributed by atoms with Crippen molar-refractivity contribution in [2.24, 2.45) is 0 Å². The zero-order valence-corrected chi connectivity index (χ0v) is 17.1. The molecule has 0 spiro atoms. The Morgan fingerprint density at radius 1 is 1.00 bits per heavy atom. The van der Waals surface area contributed by atoms with E-state index in [2.05, 4.69) is 65.4 Å². The quantitative estimate of drug-likeness (QED) is 0.857. The Kier molecular flexibility index (Phi) is 5.67. The van der Waals surface area contributed by atoms with Crippen molar-refractivity contribution in [2.45, 2.75) is 39.5 Å². The normalized spacial score (nSPS) is 17.4. The van der Waals surface area contributed by atoms with E-state index < -0.39 is 0 Å². The number of nitrogens with zero attached hydrogens (tertiary/aromatic N) is 2. The molecule has 0 bridgehead atoms. The van der Waals surface area contributed by atoms with E-state index in [0.29, 0.717) is 6.42 Å². The number of aryl methyl sites for hydroxylation is 3. The molecule has 148 valence electrons. The van der Waals surface area contributed by atoms with Gasteiger partial charge in [-0.3, -0.25) is 9.69 Å². The van der Waals surface area contributed by atoms with Crippen LogP contribution in [0.4, 0.5) is 11.4 Å². The first-order valence-corrected chi connectivity index (χ1v) is 10.6. The van der Waals surface area contributed by atoms with Crippen molar-refractivity contribution < 1.29 is 4.79 Å². The predicted octanol–water partition coefficient (Wildman–Crippen LogP) is 3.94. The maximum absolute atomic E-state index is 11.5. The van der Waals surface area contributed by atoms with Crippen LogP contribution < -0.4 is 10.2 Å². The van der Waals surface area contributed by atoms with Gasteiger partial charge in [-0.25, -0.2) is 0 Å². The smallest absolute Gasteiger partial charge is 0.224 e. The second kappa shape index (κ2) is 8.36. The molecule has 0 unspecified atom stereocenters. The summed E-state index contributed by atoms with van der Waals surface area (Å²) in [7, 11) is 0. The lowest BCUT2D eigenvalue weighted by Gasteiger charge is -2.37. The van der Waals surface area contributed by atoms with E-state index in [9.17, 15) is 4.79 Å². The van der Waals surface area contributed by atoms with Crippen molar-refractivity contribution in [1.29, 1.82) is 0 Å². The number of rotatable bonds is 5. The number of nitrogens with one attached hydrogen (secondary N) is 1. The summed E-state index contributed by atoms with van der Waals surface area (Å²) in [4.78, 5) is 16.6. The Morgan fingerprint density at radius 3 is 2.64 bits per heavy atom. The zero-order valence-electron chi connectivity index (χ0n) is 17.1. The van der Waals surface area contributed by atoms with E-state index in [-0.39, 0.29) is 5.91 Å². The molecule has 2 aliphatic heterocycles. The third-order valence-electron chi connectivity index (χ3n) is 6.29. The molecular weight excluding hydrogens is 346 g/mol. The van der Waals surface area contributed by atoms with Crippen molar-refractivity contribution in [3.63, 3.8) is 0 Å². The summed E-state index contributed by atoms with van der Waals surface area (Å²) in [5.74, 6) is 0.139. The lowest BCUT2D eigenvalue weighted by atomic mass is 9.98. The van der Waals surface area contributed by atoms with Gasteiger partial charge in [-0.15, -0.1) is 0 Å². The SMILES string of the molecule is Cc1cccc(N2CCN(CCCc3ccc4c(c3)CCC(=O)N4)CC2)c1C. The van der Waals surface area contributed by atoms with E-state index >= 15 is 0 Å². The number of carbonyl (C=O) groups excluding carboxylic acids is 1. The number of hydrogen-bond acceptors (Lipinski definition) is 3. The van der Waals surface area contributed by atoms with E-state index in [0.717, 1.165) is 51.3 Å². The number of carbonyl (C=O) groups is 1. The minimum atomic E-state index is 0.139. The molecule has 1 amide bonds. The highest BCUT2D eigenvalue weighted by Crippen LogP contribution is 2.25. The second-order valence-corrected chi connectivity index (χ2v) is 8.19. The Bertz CT molecular complexity index is 853.